The van der Waals surface area contributed by atoms with Crippen molar-refractivity contribution < 1.29 is 9.59 Å². The normalized spacial score (nSPS) is 18.8. The summed E-state index contributed by atoms with van der Waals surface area (Å²) in [5, 5.41) is 3.04. The van der Waals surface area contributed by atoms with Crippen molar-refractivity contribution in [2.75, 3.05) is 26.2 Å². The molecule has 5 rings (SSSR count). The molecule has 0 spiro atoms. The molecular formula is C29H31N3O2. The molecule has 2 fully saturated rings. The Labute approximate surface area is 201 Å². The molecule has 3 aromatic rings. The summed E-state index contributed by atoms with van der Waals surface area (Å²) in [6, 6.07) is 29.5. The van der Waals surface area contributed by atoms with Crippen molar-refractivity contribution in [1.29, 1.82) is 0 Å². The minimum atomic E-state index is -1.17. The highest BCUT2D eigenvalue weighted by molar-refractivity contribution is 6.09. The maximum absolute atomic E-state index is 13.7. The fourth-order valence-electron chi connectivity index (χ4n) is 5.38. The number of imide groups is 1. The third-order valence-electron chi connectivity index (χ3n) is 7.23. The van der Waals surface area contributed by atoms with Gasteiger partial charge in [0.05, 0.1) is 0 Å². The third kappa shape index (κ3) is 4.24. The first kappa shape index (κ1) is 22.4. The molecule has 2 aliphatic rings. The maximum Gasteiger partial charge on any atom is 0.325 e. The van der Waals surface area contributed by atoms with Gasteiger partial charge in [0.15, 0.2) is 5.54 Å². The Kier molecular flexibility index (Phi) is 6.45. The van der Waals surface area contributed by atoms with Gasteiger partial charge >= 0.3 is 6.03 Å². The van der Waals surface area contributed by atoms with E-state index >= 15 is 0 Å². The van der Waals surface area contributed by atoms with Crippen molar-refractivity contribution in [2.24, 2.45) is 0 Å². The smallest absolute Gasteiger partial charge is 0.315 e. The van der Waals surface area contributed by atoms with Crippen LogP contribution in [-0.4, -0.2) is 47.9 Å². The number of urea groups is 1. The Morgan fingerprint density at radius 3 is 1.82 bits per heavy atom. The maximum atomic E-state index is 13.7. The molecule has 3 amide bonds. The van der Waals surface area contributed by atoms with Gasteiger partial charge in [-0.2, -0.15) is 0 Å². The van der Waals surface area contributed by atoms with Crippen molar-refractivity contribution >= 4 is 11.9 Å². The number of hydrogen-bond acceptors (Lipinski definition) is 3. The SMILES string of the molecule is O=C1NC(c2ccccc2)(c2ccccc2)C(=O)N1CCCN1CCC(c2ccccc2)CC1. The molecule has 5 heteroatoms. The highest BCUT2D eigenvalue weighted by atomic mass is 16.2. The first-order valence-electron chi connectivity index (χ1n) is 12.2. The summed E-state index contributed by atoms with van der Waals surface area (Å²) >= 11 is 0. The summed E-state index contributed by atoms with van der Waals surface area (Å²) in [5.74, 6) is 0.429. The number of amides is 3. The number of benzene rings is 3. The van der Waals surface area contributed by atoms with Gasteiger partial charge in [0.2, 0.25) is 0 Å². The molecule has 1 N–H and O–H groups in total. The number of nitrogens with zero attached hydrogens (tertiary/aromatic N) is 2. The van der Waals surface area contributed by atoms with Crippen molar-refractivity contribution in [1.82, 2.24) is 15.1 Å². The molecule has 0 aliphatic carbocycles. The Balaban J connectivity index is 1.23. The van der Waals surface area contributed by atoms with E-state index in [2.05, 4.69) is 40.5 Å². The third-order valence-corrected chi connectivity index (χ3v) is 7.23. The van der Waals surface area contributed by atoms with E-state index in [9.17, 15) is 9.59 Å². The van der Waals surface area contributed by atoms with Crippen molar-refractivity contribution in [3.63, 3.8) is 0 Å². The average Bonchev–Trinajstić information content (AvgIpc) is 3.16. The monoisotopic (exact) mass is 453 g/mol. The zero-order chi connectivity index (χ0) is 23.4. The molecular weight excluding hydrogens is 422 g/mol. The van der Waals surface area contributed by atoms with Crippen LogP contribution in [0.5, 0.6) is 0 Å². The average molecular weight is 454 g/mol. The molecule has 34 heavy (non-hydrogen) atoms. The number of rotatable bonds is 7. The van der Waals surface area contributed by atoms with Crippen LogP contribution in [0.4, 0.5) is 4.79 Å². The van der Waals surface area contributed by atoms with E-state index in [1.54, 1.807) is 0 Å². The molecule has 0 unspecified atom stereocenters. The fraction of sp³-hybridized carbons (Fsp3) is 0.310. The second kappa shape index (κ2) is 9.82. The summed E-state index contributed by atoms with van der Waals surface area (Å²) in [7, 11) is 0. The lowest BCUT2D eigenvalue weighted by molar-refractivity contribution is -0.130. The van der Waals surface area contributed by atoms with Gasteiger partial charge in [-0.15, -0.1) is 0 Å². The molecule has 0 bridgehead atoms. The molecule has 174 valence electrons. The van der Waals surface area contributed by atoms with Crippen molar-refractivity contribution in [2.45, 2.75) is 30.7 Å². The Hall–Kier alpha value is -3.44. The van der Waals surface area contributed by atoms with Crippen LogP contribution in [0.3, 0.4) is 0 Å². The first-order valence-corrected chi connectivity index (χ1v) is 12.2. The highest BCUT2D eigenvalue weighted by Crippen LogP contribution is 2.36. The van der Waals surface area contributed by atoms with Gasteiger partial charge in [-0.3, -0.25) is 9.69 Å². The second-order valence-corrected chi connectivity index (χ2v) is 9.25. The highest BCUT2D eigenvalue weighted by Gasteiger charge is 2.53. The van der Waals surface area contributed by atoms with E-state index in [0.29, 0.717) is 12.5 Å². The van der Waals surface area contributed by atoms with Gasteiger partial charge in [0, 0.05) is 6.54 Å². The minimum absolute atomic E-state index is 0.197. The van der Waals surface area contributed by atoms with E-state index in [-0.39, 0.29) is 11.9 Å². The second-order valence-electron chi connectivity index (χ2n) is 9.25. The summed E-state index contributed by atoms with van der Waals surface area (Å²) in [6.45, 7) is 3.42. The Morgan fingerprint density at radius 2 is 1.26 bits per heavy atom. The van der Waals surface area contributed by atoms with Crippen LogP contribution in [0.15, 0.2) is 91.0 Å². The number of carbonyl (C=O) groups excluding carboxylic acids is 2. The largest absolute Gasteiger partial charge is 0.325 e. The van der Waals surface area contributed by atoms with Gasteiger partial charge in [-0.1, -0.05) is 91.0 Å². The number of piperidine rings is 1. The topological polar surface area (TPSA) is 52.7 Å². The molecule has 0 aromatic heterocycles. The van der Waals surface area contributed by atoms with E-state index in [1.165, 1.54) is 10.5 Å². The summed E-state index contributed by atoms with van der Waals surface area (Å²) in [4.78, 5) is 30.6. The van der Waals surface area contributed by atoms with Crippen molar-refractivity contribution in [3.8, 4) is 0 Å². The summed E-state index contributed by atoms with van der Waals surface area (Å²) in [5.41, 5.74) is 1.82. The van der Waals surface area contributed by atoms with Crippen LogP contribution in [-0.2, 0) is 10.3 Å². The molecule has 2 saturated heterocycles. The molecule has 3 aromatic carbocycles. The van der Waals surface area contributed by atoms with E-state index < -0.39 is 5.54 Å². The number of carbonyl (C=O) groups is 2. The lowest BCUT2D eigenvalue weighted by Gasteiger charge is -2.32. The zero-order valence-electron chi connectivity index (χ0n) is 19.4. The van der Waals surface area contributed by atoms with Crippen LogP contribution in [0.1, 0.15) is 41.9 Å². The molecule has 0 saturated carbocycles. The van der Waals surface area contributed by atoms with Gasteiger partial charge in [0.1, 0.15) is 0 Å². The van der Waals surface area contributed by atoms with Gasteiger partial charge < -0.3 is 10.2 Å². The lowest BCUT2D eigenvalue weighted by atomic mass is 9.82. The molecule has 0 atom stereocenters. The van der Waals surface area contributed by atoms with Gasteiger partial charge in [0.25, 0.3) is 5.91 Å². The molecule has 2 heterocycles. The zero-order valence-corrected chi connectivity index (χ0v) is 19.4. The number of hydrogen-bond donors (Lipinski definition) is 1. The van der Waals surface area contributed by atoms with Gasteiger partial charge in [-0.05, 0) is 61.5 Å². The predicted molar refractivity (Wildman–Crippen MR) is 133 cm³/mol. The lowest BCUT2D eigenvalue weighted by Crippen LogP contribution is -2.45. The number of nitrogens with one attached hydrogen (secondary N) is 1. The molecule has 2 aliphatic heterocycles. The number of likely N-dealkylation sites (tertiary alicyclic amines) is 1. The fourth-order valence-corrected chi connectivity index (χ4v) is 5.38. The Morgan fingerprint density at radius 1 is 0.735 bits per heavy atom. The van der Waals surface area contributed by atoms with E-state index in [4.69, 9.17) is 0 Å². The van der Waals surface area contributed by atoms with Crippen molar-refractivity contribution in [3.05, 3.63) is 108 Å². The van der Waals surface area contributed by atoms with E-state index in [1.807, 2.05) is 60.7 Å². The van der Waals surface area contributed by atoms with Crippen LogP contribution in [0.2, 0.25) is 0 Å². The van der Waals surface area contributed by atoms with Crippen LogP contribution in [0, 0.1) is 0 Å². The first-order chi connectivity index (χ1) is 16.7. The molecule has 5 nitrogen and oxygen atoms in total. The summed E-state index contributed by atoms with van der Waals surface area (Å²) in [6.07, 6.45) is 3.07. The minimum Gasteiger partial charge on any atom is -0.315 e. The quantitative estimate of drug-likeness (QED) is 0.525. The standard InChI is InChI=1S/C29H31N3O2/c33-27-29(25-13-6-2-7-14-25,26-15-8-3-9-16-26)30-28(34)32(27)20-10-19-31-21-17-24(18-22-31)23-11-4-1-5-12-23/h1-9,11-16,24H,10,17-22H2,(H,30,34). The Bertz CT molecular complexity index is 1070. The van der Waals surface area contributed by atoms with Crippen LogP contribution >= 0.6 is 0 Å². The van der Waals surface area contributed by atoms with Crippen LogP contribution < -0.4 is 5.32 Å². The predicted octanol–water partition coefficient (Wildman–Crippen LogP) is 4.75. The molecule has 0 radical (unpaired) electrons. The van der Waals surface area contributed by atoms with Crippen LogP contribution in [0.25, 0.3) is 0 Å². The van der Waals surface area contributed by atoms with Gasteiger partial charge in [-0.25, -0.2) is 4.79 Å². The van der Waals surface area contributed by atoms with E-state index in [0.717, 1.165) is 50.0 Å². The summed E-state index contributed by atoms with van der Waals surface area (Å²) < 4.78 is 0.